The lowest BCUT2D eigenvalue weighted by molar-refractivity contribution is -0.384. The molecule has 1 aliphatic rings. The number of non-ortho nitro benzene ring substituents is 1. The van der Waals surface area contributed by atoms with Gasteiger partial charge in [0.15, 0.2) is 10.8 Å². The molecule has 1 aliphatic heterocycles. The van der Waals surface area contributed by atoms with Gasteiger partial charge in [0.25, 0.3) is 5.69 Å². The molecule has 0 radical (unpaired) electrons. The Balaban J connectivity index is 1.57. The van der Waals surface area contributed by atoms with E-state index in [1.165, 1.54) is 52.3 Å². The fraction of sp³-hybridized carbons (Fsp3) is 0.211. The Kier molecular flexibility index (Phi) is 6.78. The largest absolute Gasteiger partial charge is 0.483 e. The molecular weight excluding hydrogens is 519 g/mol. The van der Waals surface area contributed by atoms with Crippen molar-refractivity contribution in [2.75, 3.05) is 4.90 Å². The van der Waals surface area contributed by atoms with Crippen LogP contribution in [0.25, 0.3) is 0 Å². The third kappa shape index (κ3) is 4.65. The van der Waals surface area contributed by atoms with Crippen LogP contribution in [0.3, 0.4) is 0 Å². The van der Waals surface area contributed by atoms with E-state index in [0.29, 0.717) is 20.7 Å². The van der Waals surface area contributed by atoms with E-state index in [2.05, 4.69) is 10.2 Å². The van der Waals surface area contributed by atoms with Gasteiger partial charge in [-0.25, -0.2) is 0 Å². The number of thioether (sulfide) groups is 1. The fourth-order valence-electron chi connectivity index (χ4n) is 3.04. The van der Waals surface area contributed by atoms with E-state index in [-0.39, 0.29) is 39.2 Å². The Labute approximate surface area is 205 Å². The van der Waals surface area contributed by atoms with Crippen LogP contribution in [-0.4, -0.2) is 26.3 Å². The molecule has 1 saturated heterocycles. The SMILES string of the molecule is CC1SC(c2cccc([N+](=O)[O-])c2)N(c2nnc(COc3c(Cl)cc(Cl)cc3Cl)s2)C1=O. The number of nitrogens with zero attached hydrogens (tertiary/aromatic N) is 4. The molecule has 166 valence electrons. The number of ether oxygens (including phenoxy) is 1. The summed E-state index contributed by atoms with van der Waals surface area (Å²) >= 11 is 20.8. The number of hydrogen-bond donors (Lipinski definition) is 0. The molecule has 0 N–H and O–H groups in total. The number of halogens is 3. The predicted molar refractivity (Wildman–Crippen MR) is 126 cm³/mol. The van der Waals surface area contributed by atoms with E-state index in [0.717, 1.165) is 0 Å². The molecule has 8 nitrogen and oxygen atoms in total. The van der Waals surface area contributed by atoms with Crippen molar-refractivity contribution in [3.05, 3.63) is 72.2 Å². The van der Waals surface area contributed by atoms with Gasteiger partial charge in [-0.05, 0) is 24.6 Å². The molecule has 2 unspecified atom stereocenters. The van der Waals surface area contributed by atoms with Gasteiger partial charge in [0.1, 0.15) is 12.0 Å². The third-order valence-electron chi connectivity index (χ3n) is 4.48. The lowest BCUT2D eigenvalue weighted by Gasteiger charge is -2.20. The first-order valence-corrected chi connectivity index (χ1v) is 12.0. The molecule has 1 amide bonds. The molecule has 2 aromatic carbocycles. The van der Waals surface area contributed by atoms with Crippen LogP contribution in [0.15, 0.2) is 36.4 Å². The number of nitro groups is 1. The molecule has 0 aliphatic carbocycles. The number of benzene rings is 2. The summed E-state index contributed by atoms with van der Waals surface area (Å²) in [6.45, 7) is 1.82. The first kappa shape index (κ1) is 23.1. The van der Waals surface area contributed by atoms with Crippen LogP contribution in [0.1, 0.15) is 22.9 Å². The maximum absolute atomic E-state index is 12.8. The summed E-state index contributed by atoms with van der Waals surface area (Å²) in [5, 5.41) is 20.4. The molecule has 3 aromatic rings. The van der Waals surface area contributed by atoms with Crippen molar-refractivity contribution < 1.29 is 14.5 Å². The monoisotopic (exact) mass is 530 g/mol. The molecule has 13 heteroatoms. The van der Waals surface area contributed by atoms with Gasteiger partial charge < -0.3 is 4.74 Å². The van der Waals surface area contributed by atoms with Gasteiger partial charge in [-0.3, -0.25) is 19.8 Å². The minimum absolute atomic E-state index is 0.0327. The summed E-state index contributed by atoms with van der Waals surface area (Å²) < 4.78 is 5.69. The summed E-state index contributed by atoms with van der Waals surface area (Å²) in [7, 11) is 0. The Morgan fingerprint density at radius 1 is 1.19 bits per heavy atom. The Morgan fingerprint density at radius 2 is 1.91 bits per heavy atom. The molecule has 0 saturated carbocycles. The summed E-state index contributed by atoms with van der Waals surface area (Å²) in [6.07, 6.45) is 0. The van der Waals surface area contributed by atoms with E-state index in [1.807, 2.05) is 0 Å². The zero-order valence-corrected chi connectivity index (χ0v) is 20.1. The minimum atomic E-state index is -0.466. The second-order valence-corrected chi connectivity index (χ2v) is 10.4. The fourth-order valence-corrected chi connectivity index (χ4v) is 6.06. The maximum atomic E-state index is 12.8. The average Bonchev–Trinajstić information content (AvgIpc) is 3.31. The molecule has 2 atom stereocenters. The summed E-state index contributed by atoms with van der Waals surface area (Å²) in [4.78, 5) is 25.1. The van der Waals surface area contributed by atoms with Crippen LogP contribution >= 0.6 is 57.9 Å². The molecule has 1 fully saturated rings. The van der Waals surface area contributed by atoms with Gasteiger partial charge >= 0.3 is 0 Å². The van der Waals surface area contributed by atoms with Crippen LogP contribution in [0.4, 0.5) is 10.8 Å². The van der Waals surface area contributed by atoms with Gasteiger partial charge in [-0.1, -0.05) is 58.3 Å². The van der Waals surface area contributed by atoms with Crippen molar-refractivity contribution in [1.82, 2.24) is 10.2 Å². The van der Waals surface area contributed by atoms with Crippen molar-refractivity contribution in [1.29, 1.82) is 0 Å². The van der Waals surface area contributed by atoms with Gasteiger partial charge in [0.05, 0.1) is 20.2 Å². The number of anilines is 1. The number of carbonyl (C=O) groups is 1. The van der Waals surface area contributed by atoms with Crippen molar-refractivity contribution in [2.45, 2.75) is 24.2 Å². The number of rotatable bonds is 6. The molecule has 1 aromatic heterocycles. The van der Waals surface area contributed by atoms with E-state index in [4.69, 9.17) is 39.5 Å². The standard InChI is InChI=1S/C19H13Cl3N4O4S2/c1-9-17(27)25(18(31-9)10-3-2-4-12(5-10)26(28)29)19-24-23-15(32-19)8-30-16-13(21)6-11(20)7-14(16)22/h2-7,9,18H,8H2,1H3. The Bertz CT molecular complexity index is 1190. The topological polar surface area (TPSA) is 98.5 Å². The molecular formula is C19H13Cl3N4O4S2. The maximum Gasteiger partial charge on any atom is 0.269 e. The number of carbonyl (C=O) groups excluding carboxylic acids is 1. The van der Waals surface area contributed by atoms with Crippen LogP contribution in [0.5, 0.6) is 5.75 Å². The van der Waals surface area contributed by atoms with E-state index in [9.17, 15) is 14.9 Å². The average molecular weight is 532 g/mol. The summed E-state index contributed by atoms with van der Waals surface area (Å²) in [5.41, 5.74) is 0.591. The van der Waals surface area contributed by atoms with Crippen LogP contribution < -0.4 is 9.64 Å². The number of aromatic nitrogens is 2. The van der Waals surface area contributed by atoms with Gasteiger partial charge in [-0.15, -0.1) is 22.0 Å². The normalized spacial score (nSPS) is 18.2. The van der Waals surface area contributed by atoms with Crippen molar-refractivity contribution in [2.24, 2.45) is 0 Å². The number of hydrogen-bond acceptors (Lipinski definition) is 8. The first-order chi connectivity index (χ1) is 15.2. The smallest absolute Gasteiger partial charge is 0.269 e. The lowest BCUT2D eigenvalue weighted by atomic mass is 10.2. The van der Waals surface area contributed by atoms with Crippen molar-refractivity contribution in [3.63, 3.8) is 0 Å². The van der Waals surface area contributed by atoms with Gasteiger partial charge in [-0.2, -0.15) is 0 Å². The van der Waals surface area contributed by atoms with E-state index in [1.54, 1.807) is 19.1 Å². The third-order valence-corrected chi connectivity index (χ3v) is 7.51. The van der Waals surface area contributed by atoms with E-state index >= 15 is 0 Å². The predicted octanol–water partition coefficient (Wildman–Crippen LogP) is 6.15. The zero-order chi connectivity index (χ0) is 23.0. The van der Waals surface area contributed by atoms with E-state index < -0.39 is 10.3 Å². The highest BCUT2D eigenvalue weighted by Crippen LogP contribution is 2.46. The zero-order valence-electron chi connectivity index (χ0n) is 16.2. The molecule has 4 rings (SSSR count). The molecule has 32 heavy (non-hydrogen) atoms. The Hall–Kier alpha value is -2.11. The van der Waals surface area contributed by atoms with Crippen LogP contribution in [0, 0.1) is 10.1 Å². The lowest BCUT2D eigenvalue weighted by Crippen LogP contribution is -2.30. The van der Waals surface area contributed by atoms with Crippen molar-refractivity contribution in [3.8, 4) is 5.75 Å². The molecule has 2 heterocycles. The molecule has 0 spiro atoms. The number of nitro benzene ring substituents is 1. The summed E-state index contributed by atoms with van der Waals surface area (Å²) in [6, 6.07) is 9.25. The number of amides is 1. The highest BCUT2D eigenvalue weighted by atomic mass is 35.5. The minimum Gasteiger partial charge on any atom is -0.483 e. The first-order valence-electron chi connectivity index (χ1n) is 9.07. The molecule has 0 bridgehead atoms. The Morgan fingerprint density at radius 3 is 2.59 bits per heavy atom. The van der Waals surface area contributed by atoms with Gasteiger partial charge in [0.2, 0.25) is 11.0 Å². The highest BCUT2D eigenvalue weighted by molar-refractivity contribution is 8.01. The van der Waals surface area contributed by atoms with Crippen molar-refractivity contribution >= 4 is 74.6 Å². The van der Waals surface area contributed by atoms with Gasteiger partial charge in [0, 0.05) is 17.2 Å². The second kappa shape index (κ2) is 9.40. The quantitative estimate of drug-likeness (QED) is 0.278. The summed E-state index contributed by atoms with van der Waals surface area (Å²) in [5.74, 6) is 0.115. The van der Waals surface area contributed by atoms with Crippen LogP contribution in [0.2, 0.25) is 15.1 Å². The second-order valence-electron chi connectivity index (χ2n) is 6.66. The highest BCUT2D eigenvalue weighted by Gasteiger charge is 2.41. The van der Waals surface area contributed by atoms with Crippen LogP contribution in [-0.2, 0) is 11.4 Å².